The Morgan fingerprint density at radius 1 is 1.35 bits per heavy atom. The topological polar surface area (TPSA) is 21.3 Å². The third-order valence-corrected chi connectivity index (χ3v) is 4.09. The lowest BCUT2D eigenvalue weighted by atomic mass is 9.78. The van der Waals surface area contributed by atoms with Gasteiger partial charge in [0.1, 0.15) is 0 Å². The molecule has 0 aliphatic carbocycles. The first kappa shape index (κ1) is 11.1. The van der Waals surface area contributed by atoms with Crippen LogP contribution >= 0.6 is 0 Å². The molecule has 0 saturated carbocycles. The van der Waals surface area contributed by atoms with Gasteiger partial charge in [-0.15, -0.1) is 0 Å². The fourth-order valence-electron chi connectivity index (χ4n) is 3.32. The highest BCUT2D eigenvalue weighted by Gasteiger charge is 2.38. The molecule has 0 radical (unpaired) electrons. The third kappa shape index (κ3) is 1.95. The van der Waals surface area contributed by atoms with Crippen LogP contribution in [-0.2, 0) is 4.74 Å². The molecule has 0 unspecified atom stereocenters. The summed E-state index contributed by atoms with van der Waals surface area (Å²) in [5, 5.41) is 3.72. The van der Waals surface area contributed by atoms with E-state index in [2.05, 4.69) is 36.5 Å². The molecule has 0 amide bonds. The highest BCUT2D eigenvalue weighted by atomic mass is 16.5. The molecular formula is C15H21NO. The molecule has 1 N–H and O–H groups in total. The van der Waals surface area contributed by atoms with Crippen LogP contribution in [0.3, 0.4) is 0 Å². The minimum absolute atomic E-state index is 0.331. The summed E-state index contributed by atoms with van der Waals surface area (Å²) in [5.74, 6) is 0.665. The lowest BCUT2D eigenvalue weighted by molar-refractivity contribution is -0.0385. The fourth-order valence-corrected chi connectivity index (χ4v) is 3.32. The van der Waals surface area contributed by atoms with Crippen LogP contribution in [0.1, 0.15) is 44.3 Å². The first-order valence-corrected chi connectivity index (χ1v) is 6.87. The molecule has 1 aromatic rings. The van der Waals surface area contributed by atoms with Crippen molar-refractivity contribution in [2.24, 2.45) is 5.92 Å². The van der Waals surface area contributed by atoms with E-state index in [1.807, 2.05) is 0 Å². The van der Waals surface area contributed by atoms with E-state index in [0.29, 0.717) is 18.1 Å². The summed E-state index contributed by atoms with van der Waals surface area (Å²) < 4.78 is 6.04. The van der Waals surface area contributed by atoms with Crippen molar-refractivity contribution < 1.29 is 4.74 Å². The van der Waals surface area contributed by atoms with Crippen LogP contribution in [0.5, 0.6) is 0 Å². The number of ether oxygens (including phenoxy) is 1. The predicted molar refractivity (Wildman–Crippen MR) is 70.2 cm³/mol. The van der Waals surface area contributed by atoms with Gasteiger partial charge in [-0.05, 0) is 25.3 Å². The Morgan fingerprint density at radius 2 is 2.24 bits per heavy atom. The molecule has 1 aromatic carbocycles. The molecule has 2 aliphatic heterocycles. The number of benzene rings is 1. The Labute approximate surface area is 103 Å². The van der Waals surface area contributed by atoms with Gasteiger partial charge in [0.15, 0.2) is 0 Å². The predicted octanol–water partition coefficient (Wildman–Crippen LogP) is 3.75. The van der Waals surface area contributed by atoms with Crippen LogP contribution in [-0.4, -0.2) is 12.6 Å². The molecule has 2 nitrogen and oxygen atoms in total. The standard InChI is InChI=1S/C15H21NO/c1-2-6-13-12-8-5-10-17-15(12)11-7-3-4-9-14(11)16-13/h3-4,7,9,12-13,15-16H,2,5-6,8,10H2,1H3/t12-,13-,15+/m0/s1. The zero-order valence-corrected chi connectivity index (χ0v) is 10.5. The molecule has 0 bridgehead atoms. The molecule has 1 saturated heterocycles. The van der Waals surface area contributed by atoms with Crippen molar-refractivity contribution in [3.63, 3.8) is 0 Å². The maximum absolute atomic E-state index is 6.04. The molecule has 17 heavy (non-hydrogen) atoms. The van der Waals surface area contributed by atoms with Crippen LogP contribution < -0.4 is 5.32 Å². The van der Waals surface area contributed by atoms with Gasteiger partial charge in [-0.3, -0.25) is 0 Å². The Balaban J connectivity index is 1.94. The van der Waals surface area contributed by atoms with Gasteiger partial charge < -0.3 is 10.1 Å². The molecule has 2 heterocycles. The zero-order chi connectivity index (χ0) is 11.7. The van der Waals surface area contributed by atoms with Gasteiger partial charge in [0.2, 0.25) is 0 Å². The SMILES string of the molecule is CCC[C@@H]1Nc2ccccc2[C@H]2OCCC[C@@H]12. The van der Waals surface area contributed by atoms with Gasteiger partial charge in [0, 0.05) is 29.8 Å². The number of anilines is 1. The van der Waals surface area contributed by atoms with E-state index in [0.717, 1.165) is 6.61 Å². The summed E-state index contributed by atoms with van der Waals surface area (Å²) in [6, 6.07) is 9.23. The summed E-state index contributed by atoms with van der Waals surface area (Å²) in [5.41, 5.74) is 2.65. The van der Waals surface area contributed by atoms with Crippen molar-refractivity contribution in [1.82, 2.24) is 0 Å². The minimum atomic E-state index is 0.331. The summed E-state index contributed by atoms with van der Waals surface area (Å²) in [6.07, 6.45) is 5.34. The largest absolute Gasteiger partial charge is 0.382 e. The van der Waals surface area contributed by atoms with E-state index >= 15 is 0 Å². The molecule has 0 aromatic heterocycles. The molecular weight excluding hydrogens is 210 g/mol. The molecule has 2 aliphatic rings. The normalized spacial score (nSPS) is 31.2. The molecule has 92 valence electrons. The lowest BCUT2D eigenvalue weighted by Crippen LogP contribution is -2.41. The van der Waals surface area contributed by atoms with Crippen LogP contribution in [0.25, 0.3) is 0 Å². The van der Waals surface area contributed by atoms with Crippen molar-refractivity contribution in [2.45, 2.75) is 44.8 Å². The van der Waals surface area contributed by atoms with Gasteiger partial charge >= 0.3 is 0 Å². The van der Waals surface area contributed by atoms with Gasteiger partial charge in [0.05, 0.1) is 6.10 Å². The van der Waals surface area contributed by atoms with Gasteiger partial charge in [-0.1, -0.05) is 31.5 Å². The van der Waals surface area contributed by atoms with Crippen LogP contribution in [0.2, 0.25) is 0 Å². The van der Waals surface area contributed by atoms with Crippen LogP contribution in [0, 0.1) is 5.92 Å². The minimum Gasteiger partial charge on any atom is -0.382 e. The summed E-state index contributed by atoms with van der Waals surface area (Å²) in [4.78, 5) is 0. The maximum atomic E-state index is 6.04. The van der Waals surface area contributed by atoms with E-state index < -0.39 is 0 Å². The number of fused-ring (bicyclic) bond motifs is 3. The Morgan fingerprint density at radius 3 is 3.12 bits per heavy atom. The average molecular weight is 231 g/mol. The van der Waals surface area contributed by atoms with E-state index in [-0.39, 0.29) is 0 Å². The van der Waals surface area contributed by atoms with Crippen molar-refractivity contribution in [3.8, 4) is 0 Å². The summed E-state index contributed by atoms with van der Waals surface area (Å²) >= 11 is 0. The lowest BCUT2D eigenvalue weighted by Gasteiger charge is -2.43. The molecule has 0 spiro atoms. The van der Waals surface area contributed by atoms with Crippen molar-refractivity contribution >= 4 is 5.69 Å². The van der Waals surface area contributed by atoms with Crippen molar-refractivity contribution in [3.05, 3.63) is 29.8 Å². The second kappa shape index (κ2) is 4.69. The fraction of sp³-hybridized carbons (Fsp3) is 0.600. The molecule has 3 atom stereocenters. The van der Waals surface area contributed by atoms with E-state index in [1.165, 1.54) is 36.9 Å². The highest BCUT2D eigenvalue weighted by molar-refractivity contribution is 5.55. The second-order valence-corrected chi connectivity index (χ2v) is 5.22. The van der Waals surface area contributed by atoms with Crippen molar-refractivity contribution in [2.75, 3.05) is 11.9 Å². The Kier molecular flexibility index (Phi) is 3.06. The second-order valence-electron chi connectivity index (χ2n) is 5.22. The first-order valence-electron chi connectivity index (χ1n) is 6.87. The van der Waals surface area contributed by atoms with Crippen LogP contribution in [0.4, 0.5) is 5.69 Å². The average Bonchev–Trinajstić information content (AvgIpc) is 2.39. The van der Waals surface area contributed by atoms with Gasteiger partial charge in [-0.2, -0.15) is 0 Å². The van der Waals surface area contributed by atoms with E-state index in [9.17, 15) is 0 Å². The third-order valence-electron chi connectivity index (χ3n) is 4.09. The number of para-hydroxylation sites is 1. The maximum Gasteiger partial charge on any atom is 0.0892 e. The van der Waals surface area contributed by atoms with E-state index in [4.69, 9.17) is 4.74 Å². The van der Waals surface area contributed by atoms with Gasteiger partial charge in [0.25, 0.3) is 0 Å². The molecule has 1 fully saturated rings. The monoisotopic (exact) mass is 231 g/mol. The quantitative estimate of drug-likeness (QED) is 0.837. The number of hydrogen-bond donors (Lipinski definition) is 1. The Bertz CT molecular complexity index is 390. The first-order chi connectivity index (χ1) is 8.40. The van der Waals surface area contributed by atoms with Crippen LogP contribution in [0.15, 0.2) is 24.3 Å². The van der Waals surface area contributed by atoms with Gasteiger partial charge in [-0.25, -0.2) is 0 Å². The Hall–Kier alpha value is -1.02. The van der Waals surface area contributed by atoms with E-state index in [1.54, 1.807) is 0 Å². The molecule has 2 heteroatoms. The smallest absolute Gasteiger partial charge is 0.0892 e. The number of rotatable bonds is 2. The number of nitrogens with one attached hydrogen (secondary N) is 1. The highest BCUT2D eigenvalue weighted by Crippen LogP contribution is 2.44. The summed E-state index contributed by atoms with van der Waals surface area (Å²) in [6.45, 7) is 3.19. The molecule has 3 rings (SSSR count). The van der Waals surface area contributed by atoms with Crippen molar-refractivity contribution in [1.29, 1.82) is 0 Å². The summed E-state index contributed by atoms with van der Waals surface area (Å²) in [7, 11) is 0. The number of hydrogen-bond acceptors (Lipinski definition) is 2. The zero-order valence-electron chi connectivity index (χ0n) is 10.5.